The second-order valence-electron chi connectivity index (χ2n) is 6.07. The van der Waals surface area contributed by atoms with Gasteiger partial charge in [0.2, 0.25) is 0 Å². The van der Waals surface area contributed by atoms with E-state index in [2.05, 4.69) is 26.8 Å². The van der Waals surface area contributed by atoms with Crippen molar-refractivity contribution in [3.63, 3.8) is 0 Å². The molecule has 0 aliphatic heterocycles. The molecule has 2 nitrogen and oxygen atoms in total. The van der Waals surface area contributed by atoms with Gasteiger partial charge in [-0.3, -0.25) is 4.79 Å². The summed E-state index contributed by atoms with van der Waals surface area (Å²) in [6.07, 6.45) is 5.77. The van der Waals surface area contributed by atoms with Crippen molar-refractivity contribution < 1.29 is 9.53 Å². The fourth-order valence-electron chi connectivity index (χ4n) is 2.65. The van der Waals surface area contributed by atoms with Gasteiger partial charge >= 0.3 is 5.97 Å². The lowest BCUT2D eigenvalue weighted by Crippen LogP contribution is -2.21. The van der Waals surface area contributed by atoms with E-state index in [-0.39, 0.29) is 17.5 Å². The number of carbonyl (C=O) groups is 1. The topological polar surface area (TPSA) is 26.3 Å². The summed E-state index contributed by atoms with van der Waals surface area (Å²) in [5.41, 5.74) is 4.25. The first-order valence-corrected chi connectivity index (χ1v) is 6.79. The number of allylic oxidation sites excluding steroid dienone is 3. The monoisotopic (exact) mass is 250 g/mol. The van der Waals surface area contributed by atoms with Gasteiger partial charge in [-0.2, -0.15) is 0 Å². The van der Waals surface area contributed by atoms with Crippen molar-refractivity contribution in [1.82, 2.24) is 0 Å². The van der Waals surface area contributed by atoms with E-state index in [0.717, 1.165) is 5.57 Å². The molecule has 1 aliphatic rings. The van der Waals surface area contributed by atoms with Gasteiger partial charge in [0.1, 0.15) is 6.10 Å². The van der Waals surface area contributed by atoms with Crippen LogP contribution < -0.4 is 0 Å². The van der Waals surface area contributed by atoms with E-state index < -0.39 is 0 Å². The summed E-state index contributed by atoms with van der Waals surface area (Å²) < 4.78 is 5.23. The van der Waals surface area contributed by atoms with E-state index in [1.165, 1.54) is 37.3 Å². The Kier molecular flexibility index (Phi) is 4.78. The number of ether oxygens (including phenoxy) is 1. The Morgan fingerprint density at radius 3 is 2.50 bits per heavy atom. The normalized spacial score (nSPS) is 21.8. The molecule has 0 aromatic carbocycles. The average molecular weight is 250 g/mol. The summed E-state index contributed by atoms with van der Waals surface area (Å²) in [6, 6.07) is 0. The summed E-state index contributed by atoms with van der Waals surface area (Å²) in [7, 11) is 0. The third-order valence-corrected chi connectivity index (χ3v) is 3.90. The van der Waals surface area contributed by atoms with Gasteiger partial charge in [0.05, 0.1) is 0 Å². The highest BCUT2D eigenvalue weighted by Crippen LogP contribution is 2.41. The van der Waals surface area contributed by atoms with Crippen molar-refractivity contribution in [3.8, 4) is 0 Å². The van der Waals surface area contributed by atoms with Gasteiger partial charge < -0.3 is 4.74 Å². The molecule has 0 aromatic rings. The Bertz CT molecular complexity index is 386. The molecule has 2 heteroatoms. The highest BCUT2D eigenvalue weighted by molar-refractivity contribution is 5.66. The van der Waals surface area contributed by atoms with Gasteiger partial charge in [0.25, 0.3) is 0 Å². The Labute approximate surface area is 111 Å². The Morgan fingerprint density at radius 1 is 1.39 bits per heavy atom. The molecule has 0 bridgehead atoms. The van der Waals surface area contributed by atoms with E-state index in [1.54, 1.807) is 0 Å². The van der Waals surface area contributed by atoms with Crippen molar-refractivity contribution >= 4 is 5.97 Å². The molecule has 1 aliphatic carbocycles. The van der Waals surface area contributed by atoms with Crippen LogP contribution in [0.2, 0.25) is 0 Å². The predicted molar refractivity (Wildman–Crippen MR) is 75.3 cm³/mol. The number of hydrogen-bond acceptors (Lipinski definition) is 2. The molecule has 1 unspecified atom stereocenters. The van der Waals surface area contributed by atoms with E-state index >= 15 is 0 Å². The molecule has 0 fully saturated rings. The molecule has 18 heavy (non-hydrogen) atoms. The fourth-order valence-corrected chi connectivity index (χ4v) is 2.65. The van der Waals surface area contributed by atoms with Gasteiger partial charge in [-0.15, -0.1) is 0 Å². The third-order valence-electron chi connectivity index (χ3n) is 3.90. The minimum atomic E-state index is -0.219. The van der Waals surface area contributed by atoms with Gasteiger partial charge in [-0.1, -0.05) is 25.5 Å². The second kappa shape index (κ2) is 5.73. The van der Waals surface area contributed by atoms with Crippen molar-refractivity contribution in [2.75, 3.05) is 0 Å². The highest BCUT2D eigenvalue weighted by Gasteiger charge is 2.27. The van der Waals surface area contributed by atoms with Crippen LogP contribution in [0.3, 0.4) is 0 Å². The molecule has 0 heterocycles. The van der Waals surface area contributed by atoms with Crippen molar-refractivity contribution in [3.05, 3.63) is 22.8 Å². The summed E-state index contributed by atoms with van der Waals surface area (Å²) in [4.78, 5) is 11.0. The molecule has 102 valence electrons. The first-order valence-electron chi connectivity index (χ1n) is 6.79. The first-order chi connectivity index (χ1) is 8.24. The van der Waals surface area contributed by atoms with Gasteiger partial charge in [0.15, 0.2) is 0 Å². The van der Waals surface area contributed by atoms with Crippen molar-refractivity contribution in [1.29, 1.82) is 0 Å². The zero-order chi connectivity index (χ0) is 13.9. The van der Waals surface area contributed by atoms with Gasteiger partial charge in [-0.25, -0.2) is 0 Å². The van der Waals surface area contributed by atoms with Crippen molar-refractivity contribution in [2.45, 2.75) is 66.9 Å². The SMILES string of the molecule is CC(=O)OC(C)/C(C)=C/C1=C(C)CCCC1(C)C. The molecule has 0 saturated heterocycles. The maximum atomic E-state index is 11.0. The van der Waals surface area contributed by atoms with Crippen LogP contribution in [-0.4, -0.2) is 12.1 Å². The zero-order valence-electron chi connectivity index (χ0n) is 12.6. The smallest absolute Gasteiger partial charge is 0.303 e. The molecule has 0 spiro atoms. The van der Waals surface area contributed by atoms with E-state index in [1.807, 2.05) is 13.8 Å². The molecule has 0 N–H and O–H groups in total. The van der Waals surface area contributed by atoms with Crippen LogP contribution in [-0.2, 0) is 9.53 Å². The number of carbonyl (C=O) groups excluding carboxylic acids is 1. The molecule has 0 radical (unpaired) electrons. The lowest BCUT2D eigenvalue weighted by atomic mass is 9.72. The average Bonchev–Trinajstić information content (AvgIpc) is 2.22. The standard InChI is InChI=1S/C16H26O2/c1-11-8-7-9-16(5,6)15(11)10-12(2)13(3)18-14(4)17/h10,13H,7-9H2,1-6H3/b12-10+. The van der Waals surface area contributed by atoms with Gasteiger partial charge in [-0.05, 0) is 56.6 Å². The maximum Gasteiger partial charge on any atom is 0.303 e. The maximum absolute atomic E-state index is 11.0. The van der Waals surface area contributed by atoms with Crippen LogP contribution in [0.5, 0.6) is 0 Å². The highest BCUT2D eigenvalue weighted by atomic mass is 16.5. The summed E-state index contributed by atoms with van der Waals surface area (Å²) in [5, 5.41) is 0. The Hall–Kier alpha value is -1.05. The van der Waals surface area contributed by atoms with Crippen LogP contribution in [0.25, 0.3) is 0 Å². The Morgan fingerprint density at radius 2 is 2.00 bits per heavy atom. The minimum Gasteiger partial charge on any atom is -0.458 e. The van der Waals surface area contributed by atoms with E-state index in [0.29, 0.717) is 0 Å². The molecule has 1 atom stereocenters. The van der Waals surface area contributed by atoms with Crippen LogP contribution in [0, 0.1) is 5.41 Å². The minimum absolute atomic E-state index is 0.138. The summed E-state index contributed by atoms with van der Waals surface area (Å²) in [5.74, 6) is -0.219. The van der Waals surface area contributed by atoms with Crippen LogP contribution in [0.4, 0.5) is 0 Å². The lowest BCUT2D eigenvalue weighted by molar-refractivity contribution is -0.143. The van der Waals surface area contributed by atoms with E-state index in [4.69, 9.17) is 4.74 Å². The molecule has 0 amide bonds. The number of rotatable bonds is 3. The van der Waals surface area contributed by atoms with Crippen molar-refractivity contribution in [2.24, 2.45) is 5.41 Å². The second-order valence-corrected chi connectivity index (χ2v) is 6.07. The van der Waals surface area contributed by atoms with Crippen LogP contribution in [0.15, 0.2) is 22.8 Å². The molecule has 1 rings (SSSR count). The lowest BCUT2D eigenvalue weighted by Gasteiger charge is -2.33. The molecular weight excluding hydrogens is 224 g/mol. The number of hydrogen-bond donors (Lipinski definition) is 0. The number of esters is 1. The molecule has 0 aromatic heterocycles. The predicted octanol–water partition coefficient (Wildman–Crippen LogP) is 4.41. The fraction of sp³-hybridized carbons (Fsp3) is 0.688. The molecular formula is C16H26O2. The van der Waals surface area contributed by atoms with Crippen LogP contribution in [0.1, 0.15) is 60.8 Å². The van der Waals surface area contributed by atoms with Crippen LogP contribution >= 0.6 is 0 Å². The Balaban J connectivity index is 2.95. The summed E-state index contributed by atoms with van der Waals surface area (Å²) in [6.45, 7) is 12.2. The van der Waals surface area contributed by atoms with E-state index in [9.17, 15) is 4.79 Å². The molecule has 0 saturated carbocycles. The first kappa shape index (κ1) is 15.0. The quantitative estimate of drug-likeness (QED) is 0.693. The zero-order valence-corrected chi connectivity index (χ0v) is 12.6. The van der Waals surface area contributed by atoms with Gasteiger partial charge in [0, 0.05) is 6.92 Å². The third kappa shape index (κ3) is 3.72. The summed E-state index contributed by atoms with van der Waals surface area (Å²) >= 11 is 0. The largest absolute Gasteiger partial charge is 0.458 e.